The van der Waals surface area contributed by atoms with Gasteiger partial charge in [-0.1, -0.05) is 29.8 Å². The number of aromatic nitrogens is 4. The van der Waals surface area contributed by atoms with Gasteiger partial charge in [-0.05, 0) is 18.2 Å². The quantitative estimate of drug-likeness (QED) is 0.557. The molecule has 0 bridgehead atoms. The van der Waals surface area contributed by atoms with E-state index in [1.807, 2.05) is 30.3 Å². The van der Waals surface area contributed by atoms with Crippen molar-refractivity contribution in [2.24, 2.45) is 0 Å². The Balaban J connectivity index is 1.71. The number of halogens is 1. The van der Waals surface area contributed by atoms with Crippen molar-refractivity contribution in [3.63, 3.8) is 0 Å². The van der Waals surface area contributed by atoms with Gasteiger partial charge in [0.05, 0.1) is 32.1 Å². The highest BCUT2D eigenvalue weighted by atomic mass is 35.5. The lowest BCUT2D eigenvalue weighted by atomic mass is 10.2. The molecule has 0 spiro atoms. The molecule has 2 aromatic heterocycles. The van der Waals surface area contributed by atoms with Gasteiger partial charge < -0.3 is 14.8 Å². The number of fused-ring (bicyclic) bond motifs is 1. The van der Waals surface area contributed by atoms with Crippen LogP contribution < -0.4 is 14.8 Å². The summed E-state index contributed by atoms with van der Waals surface area (Å²) in [5.41, 5.74) is 1.67. The molecule has 1 N–H and O–H groups in total. The summed E-state index contributed by atoms with van der Waals surface area (Å²) in [6, 6.07) is 13.3. The van der Waals surface area contributed by atoms with Crippen LogP contribution in [0.3, 0.4) is 0 Å². The Morgan fingerprint density at radius 1 is 1.00 bits per heavy atom. The number of nitrogens with zero attached hydrogens (tertiary/aromatic N) is 4. The van der Waals surface area contributed by atoms with E-state index in [1.54, 1.807) is 43.4 Å². The first-order valence-electron chi connectivity index (χ1n) is 8.14. The Morgan fingerprint density at radius 2 is 1.81 bits per heavy atom. The zero-order chi connectivity index (χ0) is 18.8. The Morgan fingerprint density at radius 3 is 2.63 bits per heavy atom. The molecule has 8 heteroatoms. The van der Waals surface area contributed by atoms with Crippen molar-refractivity contribution in [2.75, 3.05) is 19.5 Å². The van der Waals surface area contributed by atoms with Crippen LogP contribution in [0.2, 0.25) is 5.02 Å². The maximum Gasteiger partial charge on any atom is 0.229 e. The number of rotatable bonds is 5. The number of anilines is 2. The van der Waals surface area contributed by atoms with Crippen molar-refractivity contribution in [1.29, 1.82) is 0 Å². The fourth-order valence-electron chi connectivity index (χ4n) is 2.75. The first kappa shape index (κ1) is 17.1. The van der Waals surface area contributed by atoms with E-state index in [0.29, 0.717) is 28.3 Å². The number of para-hydroxylation sites is 1. The topological polar surface area (TPSA) is 74.1 Å². The number of benzene rings is 2. The number of ether oxygens (including phenoxy) is 2. The van der Waals surface area contributed by atoms with Crippen LogP contribution in [-0.2, 0) is 0 Å². The highest BCUT2D eigenvalue weighted by Gasteiger charge is 2.12. The molecule has 0 amide bonds. The van der Waals surface area contributed by atoms with Gasteiger partial charge in [-0.15, -0.1) is 0 Å². The molecule has 27 heavy (non-hydrogen) atoms. The molecule has 7 nitrogen and oxygen atoms in total. The van der Waals surface area contributed by atoms with Crippen LogP contribution in [0.25, 0.3) is 16.7 Å². The molecule has 0 fully saturated rings. The third-order valence-corrected chi connectivity index (χ3v) is 4.31. The van der Waals surface area contributed by atoms with Gasteiger partial charge in [0.2, 0.25) is 5.95 Å². The molecular weight excluding hydrogens is 366 g/mol. The van der Waals surface area contributed by atoms with Gasteiger partial charge in [-0.2, -0.15) is 10.1 Å². The molecular formula is C19H16ClN5O2. The fourth-order valence-corrected chi connectivity index (χ4v) is 2.92. The van der Waals surface area contributed by atoms with Crippen LogP contribution in [0.15, 0.2) is 54.9 Å². The lowest BCUT2D eigenvalue weighted by Gasteiger charge is -2.11. The van der Waals surface area contributed by atoms with Crippen LogP contribution in [0.1, 0.15) is 0 Å². The first-order chi connectivity index (χ1) is 13.2. The van der Waals surface area contributed by atoms with E-state index in [4.69, 9.17) is 21.1 Å². The zero-order valence-electron chi connectivity index (χ0n) is 14.7. The Labute approximate surface area is 160 Å². The smallest absolute Gasteiger partial charge is 0.229 e. The van der Waals surface area contributed by atoms with Gasteiger partial charge in [0.1, 0.15) is 5.02 Å². The van der Waals surface area contributed by atoms with Crippen LogP contribution in [0.5, 0.6) is 11.5 Å². The van der Waals surface area contributed by atoms with Gasteiger partial charge in [-0.25, -0.2) is 9.67 Å². The lowest BCUT2D eigenvalue weighted by molar-refractivity contribution is 0.355. The maximum absolute atomic E-state index is 6.33. The van der Waals surface area contributed by atoms with Crippen LogP contribution in [0.4, 0.5) is 11.6 Å². The highest BCUT2D eigenvalue weighted by Crippen LogP contribution is 2.31. The van der Waals surface area contributed by atoms with Crippen LogP contribution in [0, 0.1) is 0 Å². The first-order valence-corrected chi connectivity index (χ1v) is 8.52. The largest absolute Gasteiger partial charge is 0.493 e. The third-order valence-electron chi connectivity index (χ3n) is 4.04. The number of methoxy groups -OCH3 is 2. The zero-order valence-corrected chi connectivity index (χ0v) is 15.4. The SMILES string of the molecule is COc1ccc(Nc2ncc(Cl)c(-n3ncc4ccccc43)n2)cc1OC. The van der Waals surface area contributed by atoms with Crippen molar-refractivity contribution in [2.45, 2.75) is 0 Å². The Hall–Kier alpha value is -3.32. The van der Waals surface area contributed by atoms with Crippen molar-refractivity contribution in [1.82, 2.24) is 19.7 Å². The molecule has 0 radical (unpaired) electrons. The number of nitrogens with one attached hydrogen (secondary N) is 1. The minimum Gasteiger partial charge on any atom is -0.493 e. The van der Waals surface area contributed by atoms with E-state index in [1.165, 1.54) is 0 Å². The summed E-state index contributed by atoms with van der Waals surface area (Å²) < 4.78 is 12.3. The van der Waals surface area contributed by atoms with Gasteiger partial charge in [0.25, 0.3) is 0 Å². The van der Waals surface area contributed by atoms with Crippen LogP contribution >= 0.6 is 11.6 Å². The predicted octanol–water partition coefficient (Wildman–Crippen LogP) is 4.23. The average molecular weight is 382 g/mol. The summed E-state index contributed by atoms with van der Waals surface area (Å²) in [5, 5.41) is 8.96. The third kappa shape index (κ3) is 3.24. The molecule has 0 aliphatic heterocycles. The summed E-state index contributed by atoms with van der Waals surface area (Å²) in [7, 11) is 3.18. The van der Waals surface area contributed by atoms with E-state index in [2.05, 4.69) is 20.4 Å². The van der Waals surface area contributed by atoms with Gasteiger partial charge in [-0.3, -0.25) is 0 Å². The summed E-state index contributed by atoms with van der Waals surface area (Å²) in [4.78, 5) is 8.79. The van der Waals surface area contributed by atoms with E-state index in [0.717, 1.165) is 16.6 Å². The molecule has 0 atom stereocenters. The molecule has 0 aliphatic carbocycles. The minimum atomic E-state index is 0.390. The molecule has 2 heterocycles. The van der Waals surface area contributed by atoms with E-state index in [-0.39, 0.29) is 0 Å². The minimum absolute atomic E-state index is 0.390. The Bertz CT molecular complexity index is 1110. The number of hydrogen-bond acceptors (Lipinski definition) is 6. The highest BCUT2D eigenvalue weighted by molar-refractivity contribution is 6.32. The monoisotopic (exact) mass is 381 g/mol. The van der Waals surface area contributed by atoms with Crippen LogP contribution in [-0.4, -0.2) is 34.0 Å². The van der Waals surface area contributed by atoms with Crippen molar-refractivity contribution >= 4 is 34.1 Å². The van der Waals surface area contributed by atoms with Gasteiger partial charge in [0, 0.05) is 17.1 Å². The van der Waals surface area contributed by atoms with Gasteiger partial charge >= 0.3 is 0 Å². The van der Waals surface area contributed by atoms with Crippen molar-refractivity contribution in [3.05, 3.63) is 59.9 Å². The van der Waals surface area contributed by atoms with Gasteiger partial charge in [0.15, 0.2) is 17.3 Å². The molecule has 2 aromatic carbocycles. The van der Waals surface area contributed by atoms with Crippen molar-refractivity contribution < 1.29 is 9.47 Å². The Kier molecular flexibility index (Phi) is 4.52. The molecule has 136 valence electrons. The second kappa shape index (κ2) is 7.13. The summed E-state index contributed by atoms with van der Waals surface area (Å²) in [5.74, 6) is 2.13. The summed E-state index contributed by atoms with van der Waals surface area (Å²) in [6.07, 6.45) is 3.32. The molecule has 4 rings (SSSR count). The summed E-state index contributed by atoms with van der Waals surface area (Å²) in [6.45, 7) is 0. The standard InChI is InChI=1S/C19H16ClN5O2/c1-26-16-8-7-13(9-17(16)27-2)23-19-21-11-14(20)18(24-19)25-15-6-4-3-5-12(15)10-22-25/h3-11H,1-2H3,(H,21,23,24). The second-order valence-corrected chi connectivity index (χ2v) is 6.08. The molecule has 0 aliphatic rings. The van der Waals surface area contributed by atoms with E-state index >= 15 is 0 Å². The molecule has 0 saturated heterocycles. The second-order valence-electron chi connectivity index (χ2n) is 5.68. The lowest BCUT2D eigenvalue weighted by Crippen LogP contribution is -2.05. The molecule has 0 saturated carbocycles. The predicted molar refractivity (Wildman–Crippen MR) is 104 cm³/mol. The molecule has 0 unspecified atom stereocenters. The van der Waals surface area contributed by atoms with E-state index < -0.39 is 0 Å². The summed E-state index contributed by atoms with van der Waals surface area (Å²) >= 11 is 6.33. The normalized spacial score (nSPS) is 10.8. The van der Waals surface area contributed by atoms with E-state index in [9.17, 15) is 0 Å². The maximum atomic E-state index is 6.33. The van der Waals surface area contributed by atoms with Crippen molar-refractivity contribution in [3.8, 4) is 17.3 Å². The number of hydrogen-bond donors (Lipinski definition) is 1. The fraction of sp³-hybridized carbons (Fsp3) is 0.105. The molecule has 4 aromatic rings. The average Bonchev–Trinajstić information content (AvgIpc) is 3.13.